The Balaban J connectivity index is 2.61. The van der Waals surface area contributed by atoms with Crippen molar-refractivity contribution in [2.45, 2.75) is 31.5 Å². The summed E-state index contributed by atoms with van der Waals surface area (Å²) in [6, 6.07) is 0. The lowest BCUT2D eigenvalue weighted by atomic mass is 10.1. The molecule has 0 aliphatic carbocycles. The topological polar surface area (TPSA) is 78.0 Å². The van der Waals surface area contributed by atoms with E-state index in [9.17, 15) is 36.9 Å². The zero-order valence-corrected chi connectivity index (χ0v) is 9.73. The number of hydrogen-bond acceptors (Lipinski definition) is 4. The van der Waals surface area contributed by atoms with Crippen molar-refractivity contribution in [3.63, 3.8) is 0 Å². The van der Waals surface area contributed by atoms with Crippen molar-refractivity contribution in [1.29, 1.82) is 0 Å². The number of hydrogen-bond donors (Lipinski definition) is 0. The highest BCUT2D eigenvalue weighted by molar-refractivity contribution is 5.78. The summed E-state index contributed by atoms with van der Waals surface area (Å²) in [7, 11) is 0. The fourth-order valence-electron chi connectivity index (χ4n) is 1.29. The number of carbonyl (C=O) groups excluding carboxylic acids is 1. The molecule has 1 aromatic rings. The lowest BCUT2D eigenvalue weighted by Gasteiger charge is -2.18. The summed E-state index contributed by atoms with van der Waals surface area (Å²) in [5, 5.41) is 10.5. The van der Waals surface area contributed by atoms with Crippen LogP contribution in [-0.4, -0.2) is 32.4 Å². The van der Waals surface area contributed by atoms with Crippen LogP contribution in [0.3, 0.4) is 0 Å². The molecule has 1 rings (SSSR count). The van der Waals surface area contributed by atoms with Gasteiger partial charge in [-0.2, -0.15) is 22.0 Å². The van der Waals surface area contributed by atoms with E-state index in [1.165, 1.54) is 0 Å². The number of alkyl halides is 5. The Kier molecular flexibility index (Phi) is 4.40. The molecule has 0 bridgehead atoms. The molecule has 0 unspecified atom stereocenters. The van der Waals surface area contributed by atoms with Crippen LogP contribution in [0, 0.1) is 10.1 Å². The smallest absolute Gasteiger partial charge is 0.358 e. The number of ketones is 1. The Morgan fingerprint density at radius 2 is 1.95 bits per heavy atom. The van der Waals surface area contributed by atoms with E-state index in [1.807, 2.05) is 0 Å². The van der Waals surface area contributed by atoms with E-state index in [4.69, 9.17) is 0 Å². The van der Waals surface area contributed by atoms with Crippen molar-refractivity contribution < 1.29 is 31.7 Å². The zero-order valence-electron chi connectivity index (χ0n) is 9.73. The fourth-order valence-corrected chi connectivity index (χ4v) is 1.29. The highest BCUT2D eigenvalue weighted by atomic mass is 19.4. The van der Waals surface area contributed by atoms with Crippen LogP contribution in [-0.2, 0) is 11.3 Å². The molecule has 0 N–H and O–H groups in total. The maximum Gasteiger partial charge on any atom is 0.453 e. The van der Waals surface area contributed by atoms with Gasteiger partial charge >= 0.3 is 17.9 Å². The van der Waals surface area contributed by atoms with Crippen molar-refractivity contribution in [3.8, 4) is 0 Å². The number of Topliss-reactive ketones (excluding diaryl/α,β-unsaturated/α-hetero) is 1. The average Bonchev–Trinajstić information content (AvgIpc) is 2.73. The highest BCUT2D eigenvalue weighted by Crippen LogP contribution is 2.38. The Morgan fingerprint density at radius 1 is 1.35 bits per heavy atom. The molecule has 0 radical (unpaired) electrons. The van der Waals surface area contributed by atoms with Crippen LogP contribution in [0.15, 0.2) is 12.5 Å². The molecule has 1 heterocycles. The minimum absolute atomic E-state index is 0.555. The summed E-state index contributed by atoms with van der Waals surface area (Å²) in [5.41, 5.74) is 0. The van der Waals surface area contributed by atoms with E-state index >= 15 is 0 Å². The van der Waals surface area contributed by atoms with Crippen molar-refractivity contribution in [2.24, 2.45) is 0 Å². The Morgan fingerprint density at radius 3 is 2.45 bits per heavy atom. The van der Waals surface area contributed by atoms with Gasteiger partial charge in [-0.25, -0.2) is 9.55 Å². The van der Waals surface area contributed by atoms with Crippen molar-refractivity contribution >= 4 is 11.6 Å². The van der Waals surface area contributed by atoms with Gasteiger partial charge in [-0.15, -0.1) is 0 Å². The van der Waals surface area contributed by atoms with Gasteiger partial charge < -0.3 is 10.1 Å². The van der Waals surface area contributed by atoms with Gasteiger partial charge in [0.15, 0.2) is 18.7 Å². The maximum absolute atomic E-state index is 12.6. The largest absolute Gasteiger partial charge is 0.453 e. The van der Waals surface area contributed by atoms with Crippen molar-refractivity contribution in [2.75, 3.05) is 0 Å². The van der Waals surface area contributed by atoms with Gasteiger partial charge in [0.05, 0.1) is 0 Å². The van der Waals surface area contributed by atoms with Gasteiger partial charge in [-0.05, 0) is 4.92 Å². The monoisotopic (exact) mass is 301 g/mol. The molecule has 20 heavy (non-hydrogen) atoms. The molecule has 0 spiro atoms. The molecule has 0 amide bonds. The van der Waals surface area contributed by atoms with Crippen molar-refractivity contribution in [3.05, 3.63) is 22.6 Å². The van der Waals surface area contributed by atoms with Crippen LogP contribution in [0.4, 0.5) is 27.8 Å². The number of aromatic nitrogens is 2. The predicted octanol–water partition coefficient (Wildman–Crippen LogP) is 2.34. The molecule has 0 saturated heterocycles. The summed E-state index contributed by atoms with van der Waals surface area (Å²) < 4.78 is 61.5. The Labute approximate surface area is 108 Å². The number of nitro groups is 1. The SMILES string of the molecule is O=C(CCC(F)(F)C(F)(F)F)Cn1cncc1[N+](=O)[O-]. The highest BCUT2D eigenvalue weighted by Gasteiger charge is 2.56. The first kappa shape index (κ1) is 16.0. The minimum atomic E-state index is -5.73. The quantitative estimate of drug-likeness (QED) is 0.459. The normalized spacial score (nSPS) is 12.4. The van der Waals surface area contributed by atoms with Crippen LogP contribution >= 0.6 is 0 Å². The zero-order chi connectivity index (χ0) is 15.6. The number of carbonyl (C=O) groups is 1. The summed E-state index contributed by atoms with van der Waals surface area (Å²) in [5.74, 6) is -6.51. The van der Waals surface area contributed by atoms with E-state index in [2.05, 4.69) is 4.98 Å². The molecule has 0 aliphatic heterocycles. The number of imidazole rings is 1. The van der Waals surface area contributed by atoms with Crippen LogP contribution in [0.25, 0.3) is 0 Å². The number of nitrogens with zero attached hydrogens (tertiary/aromatic N) is 3. The summed E-state index contributed by atoms with van der Waals surface area (Å²) in [6.45, 7) is -0.690. The summed E-state index contributed by atoms with van der Waals surface area (Å²) in [4.78, 5) is 24.3. The van der Waals surface area contributed by atoms with E-state index in [0.29, 0.717) is 0 Å². The maximum atomic E-state index is 12.6. The predicted molar refractivity (Wildman–Crippen MR) is 54.1 cm³/mol. The molecule has 11 heteroatoms. The second-order valence-electron chi connectivity index (χ2n) is 3.88. The molecular weight excluding hydrogens is 293 g/mol. The number of halogens is 5. The van der Waals surface area contributed by atoms with E-state index in [1.54, 1.807) is 0 Å². The molecule has 0 aliphatic rings. The van der Waals surface area contributed by atoms with Gasteiger partial charge in [0.25, 0.3) is 0 Å². The van der Waals surface area contributed by atoms with Crippen molar-refractivity contribution in [1.82, 2.24) is 9.55 Å². The number of rotatable bonds is 6. The van der Waals surface area contributed by atoms with E-state index in [0.717, 1.165) is 17.1 Å². The van der Waals surface area contributed by atoms with Gasteiger partial charge in [0.1, 0.15) is 6.20 Å². The molecule has 112 valence electrons. The van der Waals surface area contributed by atoms with Gasteiger partial charge in [0, 0.05) is 12.8 Å². The lowest BCUT2D eigenvalue weighted by molar-refractivity contribution is -0.392. The summed E-state index contributed by atoms with van der Waals surface area (Å²) in [6.07, 6.45) is -6.73. The van der Waals surface area contributed by atoms with Crippen LogP contribution in [0.5, 0.6) is 0 Å². The first-order chi connectivity index (χ1) is 9.04. The third-order valence-corrected chi connectivity index (χ3v) is 2.36. The minimum Gasteiger partial charge on any atom is -0.358 e. The van der Waals surface area contributed by atoms with E-state index < -0.39 is 48.0 Å². The third-order valence-electron chi connectivity index (χ3n) is 2.36. The second kappa shape index (κ2) is 5.51. The van der Waals surface area contributed by atoms with Gasteiger partial charge in [0.2, 0.25) is 0 Å². The first-order valence-electron chi connectivity index (χ1n) is 5.15. The van der Waals surface area contributed by atoms with E-state index in [-0.39, 0.29) is 0 Å². The molecule has 0 aromatic carbocycles. The summed E-state index contributed by atoms with van der Waals surface area (Å²) >= 11 is 0. The van der Waals surface area contributed by atoms with Crippen LogP contribution in [0.2, 0.25) is 0 Å². The van der Waals surface area contributed by atoms with Gasteiger partial charge in [-0.1, -0.05) is 0 Å². The fraction of sp³-hybridized carbons (Fsp3) is 0.556. The van der Waals surface area contributed by atoms with Crippen LogP contribution in [0.1, 0.15) is 12.8 Å². The second-order valence-corrected chi connectivity index (χ2v) is 3.88. The molecule has 6 nitrogen and oxygen atoms in total. The Bertz CT molecular complexity index is 511. The standard InChI is InChI=1S/C9H8F5N3O3/c10-8(11,9(12,13)14)2-1-6(18)4-16-5-15-3-7(16)17(19)20/h3,5H,1-2,4H2. The molecular formula is C9H8F5N3O3. The molecule has 0 atom stereocenters. The molecule has 0 fully saturated rings. The molecule has 0 saturated carbocycles. The van der Waals surface area contributed by atoms with Gasteiger partial charge in [-0.3, -0.25) is 4.79 Å². The average molecular weight is 301 g/mol. The first-order valence-corrected chi connectivity index (χ1v) is 5.15. The third kappa shape index (κ3) is 3.71. The Hall–Kier alpha value is -2.07. The van der Waals surface area contributed by atoms with Crippen LogP contribution < -0.4 is 0 Å². The molecule has 1 aromatic heterocycles. The lowest BCUT2D eigenvalue weighted by Crippen LogP contribution is -2.36.